The van der Waals surface area contributed by atoms with Crippen molar-refractivity contribution in [1.82, 2.24) is 4.90 Å². The second-order valence-corrected chi connectivity index (χ2v) is 3.05. The van der Waals surface area contributed by atoms with Crippen molar-refractivity contribution in [1.29, 1.82) is 0 Å². The van der Waals surface area contributed by atoms with E-state index in [2.05, 4.69) is 0 Å². The number of nitrogens with two attached hydrogens (primary N) is 1. The van der Waals surface area contributed by atoms with Crippen LogP contribution in [-0.4, -0.2) is 36.7 Å². The van der Waals surface area contributed by atoms with Crippen LogP contribution in [0.15, 0.2) is 0 Å². The zero-order valence-electron chi connectivity index (χ0n) is 5.73. The summed E-state index contributed by atoms with van der Waals surface area (Å²) in [6, 6.07) is 0. The molecule has 0 spiro atoms. The van der Waals surface area contributed by atoms with Gasteiger partial charge in [0, 0.05) is 25.2 Å². The van der Waals surface area contributed by atoms with Gasteiger partial charge in [-0.05, 0) is 6.92 Å². The van der Waals surface area contributed by atoms with Crippen LogP contribution in [0.1, 0.15) is 6.92 Å². The van der Waals surface area contributed by atoms with Crippen LogP contribution in [0.3, 0.4) is 0 Å². The molecule has 3 heteroatoms. The van der Waals surface area contributed by atoms with Gasteiger partial charge in [-0.25, -0.2) is 4.39 Å². The van der Waals surface area contributed by atoms with Gasteiger partial charge in [-0.1, -0.05) is 0 Å². The number of alkyl halides is 1. The molecule has 1 fully saturated rings. The lowest BCUT2D eigenvalue weighted by Gasteiger charge is -2.45. The Morgan fingerprint density at radius 3 is 2.56 bits per heavy atom. The predicted octanol–water partition coefficient (Wildman–Crippen LogP) is -0.0111. The maximum Gasteiger partial charge on any atom is 0.102 e. The average Bonchev–Trinajstić information content (AvgIpc) is 1.62. The fourth-order valence-corrected chi connectivity index (χ4v) is 1.25. The van der Waals surface area contributed by atoms with E-state index in [1.807, 2.05) is 11.8 Å². The molecule has 0 aromatic carbocycles. The predicted molar refractivity (Wildman–Crippen MR) is 35.0 cm³/mol. The summed E-state index contributed by atoms with van der Waals surface area (Å²) in [5, 5.41) is 0. The second-order valence-electron chi connectivity index (χ2n) is 3.05. The molecule has 0 bridgehead atoms. The highest BCUT2D eigenvalue weighted by atomic mass is 19.1. The molecule has 2 nitrogen and oxygen atoms in total. The van der Waals surface area contributed by atoms with E-state index >= 15 is 0 Å². The summed E-state index contributed by atoms with van der Waals surface area (Å²) in [5.41, 5.74) is 5.63. The normalized spacial score (nSPS) is 25.7. The van der Waals surface area contributed by atoms with Crippen molar-refractivity contribution in [3.05, 3.63) is 0 Å². The van der Waals surface area contributed by atoms with Gasteiger partial charge in [0.15, 0.2) is 0 Å². The minimum atomic E-state index is -0.254. The molecule has 9 heavy (non-hydrogen) atoms. The van der Waals surface area contributed by atoms with E-state index in [1.165, 1.54) is 0 Å². The van der Waals surface area contributed by atoms with Crippen molar-refractivity contribution >= 4 is 0 Å². The minimum Gasteiger partial charge on any atom is -0.323 e. The summed E-state index contributed by atoms with van der Waals surface area (Å²) in [6.07, 6.45) is 0. The lowest BCUT2D eigenvalue weighted by atomic mass is 9.94. The first-order chi connectivity index (χ1) is 4.14. The quantitative estimate of drug-likeness (QED) is 0.572. The molecule has 0 atom stereocenters. The van der Waals surface area contributed by atoms with E-state index in [4.69, 9.17) is 5.73 Å². The van der Waals surface area contributed by atoms with E-state index in [9.17, 15) is 4.39 Å². The molecule has 0 aliphatic carbocycles. The second kappa shape index (κ2) is 2.23. The molecule has 0 saturated carbocycles. The summed E-state index contributed by atoms with van der Waals surface area (Å²) < 4.78 is 11.6. The number of hydrogen-bond acceptors (Lipinski definition) is 2. The third kappa shape index (κ3) is 1.63. The average molecular weight is 132 g/mol. The third-order valence-corrected chi connectivity index (χ3v) is 1.57. The molecular weight excluding hydrogens is 119 g/mol. The van der Waals surface area contributed by atoms with Gasteiger partial charge in [-0.15, -0.1) is 0 Å². The van der Waals surface area contributed by atoms with Gasteiger partial charge in [0.05, 0.1) is 0 Å². The summed E-state index contributed by atoms with van der Waals surface area (Å²) in [5.74, 6) is 0. The van der Waals surface area contributed by atoms with Crippen LogP contribution in [0, 0.1) is 0 Å². The monoisotopic (exact) mass is 132 g/mol. The van der Waals surface area contributed by atoms with E-state index in [0.717, 1.165) is 13.1 Å². The molecule has 1 saturated heterocycles. The lowest BCUT2D eigenvalue weighted by molar-refractivity contribution is 0.0775. The molecule has 1 rings (SSSR count). The van der Waals surface area contributed by atoms with Gasteiger partial charge < -0.3 is 5.73 Å². The van der Waals surface area contributed by atoms with Gasteiger partial charge in [-0.2, -0.15) is 0 Å². The molecule has 2 N–H and O–H groups in total. The van der Waals surface area contributed by atoms with Crippen LogP contribution in [-0.2, 0) is 0 Å². The van der Waals surface area contributed by atoms with Crippen molar-refractivity contribution in [2.75, 3.05) is 26.3 Å². The van der Waals surface area contributed by atoms with E-state index < -0.39 is 0 Å². The van der Waals surface area contributed by atoms with Gasteiger partial charge in [0.25, 0.3) is 0 Å². The Bertz CT molecular complexity index is 95.2. The summed E-state index contributed by atoms with van der Waals surface area (Å²) in [6.45, 7) is 3.97. The van der Waals surface area contributed by atoms with Crippen LogP contribution in [0.2, 0.25) is 0 Å². The van der Waals surface area contributed by atoms with Crippen LogP contribution in [0.25, 0.3) is 0 Å². The first-order valence-corrected chi connectivity index (χ1v) is 3.21. The highest BCUT2D eigenvalue weighted by molar-refractivity contribution is 4.95. The molecule has 0 unspecified atom stereocenters. The summed E-state index contributed by atoms with van der Waals surface area (Å²) >= 11 is 0. The molecule has 0 amide bonds. The van der Waals surface area contributed by atoms with Crippen molar-refractivity contribution in [3.8, 4) is 0 Å². The number of halogens is 1. The van der Waals surface area contributed by atoms with Gasteiger partial charge >= 0.3 is 0 Å². The number of likely N-dealkylation sites (tertiary alicyclic amines) is 1. The lowest BCUT2D eigenvalue weighted by Crippen LogP contribution is -2.65. The number of rotatable bonds is 2. The van der Waals surface area contributed by atoms with Crippen molar-refractivity contribution in [3.63, 3.8) is 0 Å². The van der Waals surface area contributed by atoms with E-state index in [0.29, 0.717) is 6.54 Å². The van der Waals surface area contributed by atoms with Gasteiger partial charge in [0.1, 0.15) is 6.67 Å². The number of nitrogens with zero attached hydrogens (tertiary/aromatic N) is 1. The molecule has 1 aliphatic heterocycles. The molecule has 0 aromatic rings. The molecule has 0 radical (unpaired) electrons. The third-order valence-electron chi connectivity index (χ3n) is 1.57. The first kappa shape index (κ1) is 6.96. The Balaban J connectivity index is 2.12. The smallest absolute Gasteiger partial charge is 0.102 e. The largest absolute Gasteiger partial charge is 0.323 e. The topological polar surface area (TPSA) is 29.3 Å². The highest BCUT2D eigenvalue weighted by Crippen LogP contribution is 2.15. The standard InChI is InChI=1S/C6H13FN2/c1-6(8)4-9(5-6)3-2-7/h2-5,8H2,1H3. The molecular formula is C6H13FN2. The number of hydrogen-bond donors (Lipinski definition) is 1. The van der Waals surface area contributed by atoms with E-state index in [-0.39, 0.29) is 12.2 Å². The zero-order valence-corrected chi connectivity index (χ0v) is 5.73. The van der Waals surface area contributed by atoms with Gasteiger partial charge in [-0.3, -0.25) is 4.90 Å². The van der Waals surface area contributed by atoms with Crippen molar-refractivity contribution < 1.29 is 4.39 Å². The van der Waals surface area contributed by atoms with Crippen molar-refractivity contribution in [2.45, 2.75) is 12.5 Å². The minimum absolute atomic E-state index is 0.0465. The Hall–Kier alpha value is -0.150. The Morgan fingerprint density at radius 2 is 2.22 bits per heavy atom. The Labute approximate surface area is 54.8 Å². The fraction of sp³-hybridized carbons (Fsp3) is 1.00. The highest BCUT2D eigenvalue weighted by Gasteiger charge is 2.33. The molecule has 1 heterocycles. The van der Waals surface area contributed by atoms with Crippen LogP contribution in [0.5, 0.6) is 0 Å². The molecule has 0 aromatic heterocycles. The molecule has 1 aliphatic rings. The SMILES string of the molecule is CC1(N)CN(CCF)C1. The van der Waals surface area contributed by atoms with Crippen molar-refractivity contribution in [2.24, 2.45) is 5.73 Å². The maximum absolute atomic E-state index is 11.6. The Morgan fingerprint density at radius 1 is 1.67 bits per heavy atom. The van der Waals surface area contributed by atoms with Crippen LogP contribution in [0.4, 0.5) is 4.39 Å². The zero-order chi connectivity index (χ0) is 6.91. The summed E-state index contributed by atoms with van der Waals surface area (Å²) in [7, 11) is 0. The Kier molecular flexibility index (Phi) is 1.73. The maximum atomic E-state index is 11.6. The summed E-state index contributed by atoms with van der Waals surface area (Å²) in [4.78, 5) is 2.01. The first-order valence-electron chi connectivity index (χ1n) is 3.21. The van der Waals surface area contributed by atoms with Crippen LogP contribution >= 0.6 is 0 Å². The van der Waals surface area contributed by atoms with E-state index in [1.54, 1.807) is 0 Å². The fourth-order valence-electron chi connectivity index (χ4n) is 1.25. The molecule has 54 valence electrons. The van der Waals surface area contributed by atoms with Gasteiger partial charge in [0.2, 0.25) is 0 Å². The van der Waals surface area contributed by atoms with Crippen LogP contribution < -0.4 is 5.73 Å².